The zero-order valence-electron chi connectivity index (χ0n) is 12.7. The van der Waals surface area contributed by atoms with Gasteiger partial charge in [-0.25, -0.2) is 0 Å². The Morgan fingerprint density at radius 1 is 1.05 bits per heavy atom. The molecule has 0 aliphatic heterocycles. The quantitative estimate of drug-likeness (QED) is 0.742. The highest BCUT2D eigenvalue weighted by atomic mass is 14.7. The topological polar surface area (TPSA) is 41.8 Å². The third kappa shape index (κ3) is 2.72. The summed E-state index contributed by atoms with van der Waals surface area (Å²) >= 11 is 0. The van der Waals surface area contributed by atoms with E-state index in [-0.39, 0.29) is 0 Å². The molecule has 3 N–H and O–H groups in total. The van der Waals surface area contributed by atoms with Gasteiger partial charge >= 0.3 is 0 Å². The summed E-state index contributed by atoms with van der Waals surface area (Å²) in [7, 11) is 0. The van der Waals surface area contributed by atoms with Crippen molar-refractivity contribution in [1.82, 2.24) is 4.98 Å². The molecule has 0 radical (unpaired) electrons. The van der Waals surface area contributed by atoms with Gasteiger partial charge in [-0.15, -0.1) is 0 Å². The van der Waals surface area contributed by atoms with Crippen LogP contribution in [0.4, 0.5) is 0 Å². The number of nitrogens with two attached hydrogens (primary N) is 1. The monoisotopic (exact) mass is 278 g/mol. The molecule has 0 spiro atoms. The molecule has 3 rings (SSSR count). The Balaban J connectivity index is 2.00. The molecule has 1 atom stereocenters. The van der Waals surface area contributed by atoms with E-state index in [1.807, 2.05) is 0 Å². The van der Waals surface area contributed by atoms with Crippen molar-refractivity contribution in [2.45, 2.75) is 26.2 Å². The SMILES string of the molecule is Cc1cccc(CC(CN)c2c(C)[nH]c3ccccc23)c1. The maximum atomic E-state index is 6.10. The van der Waals surface area contributed by atoms with Gasteiger partial charge in [0.1, 0.15) is 0 Å². The van der Waals surface area contributed by atoms with Crippen LogP contribution < -0.4 is 5.73 Å². The predicted octanol–water partition coefficient (Wildman–Crippen LogP) is 4.07. The summed E-state index contributed by atoms with van der Waals surface area (Å²) in [6.07, 6.45) is 0.987. The van der Waals surface area contributed by atoms with Crippen molar-refractivity contribution in [2.75, 3.05) is 6.54 Å². The summed E-state index contributed by atoms with van der Waals surface area (Å²) in [6, 6.07) is 17.2. The van der Waals surface area contributed by atoms with Crippen LogP contribution in [-0.4, -0.2) is 11.5 Å². The van der Waals surface area contributed by atoms with Gasteiger partial charge in [0, 0.05) is 22.5 Å². The molecular weight excluding hydrogens is 256 g/mol. The second kappa shape index (κ2) is 5.74. The van der Waals surface area contributed by atoms with Crippen LogP contribution in [0.5, 0.6) is 0 Å². The summed E-state index contributed by atoms with van der Waals surface area (Å²) in [5.41, 5.74) is 12.6. The molecule has 0 saturated carbocycles. The van der Waals surface area contributed by atoms with Crippen molar-refractivity contribution in [2.24, 2.45) is 5.73 Å². The van der Waals surface area contributed by atoms with Gasteiger partial charge in [-0.1, -0.05) is 48.0 Å². The van der Waals surface area contributed by atoms with Gasteiger partial charge in [0.15, 0.2) is 0 Å². The standard InChI is InChI=1S/C19H22N2/c1-13-6-5-7-15(10-13)11-16(12-20)19-14(2)21-18-9-4-3-8-17(18)19/h3-10,16,21H,11-12,20H2,1-2H3. The lowest BCUT2D eigenvalue weighted by atomic mass is 9.89. The van der Waals surface area contributed by atoms with Crippen LogP contribution in [0.15, 0.2) is 48.5 Å². The Morgan fingerprint density at radius 2 is 1.86 bits per heavy atom. The fourth-order valence-electron chi connectivity index (χ4n) is 3.25. The van der Waals surface area contributed by atoms with Crippen molar-refractivity contribution < 1.29 is 0 Å². The molecule has 3 aromatic rings. The Hall–Kier alpha value is -2.06. The first kappa shape index (κ1) is 13.9. The Bertz CT molecular complexity index is 755. The summed E-state index contributed by atoms with van der Waals surface area (Å²) in [4.78, 5) is 3.48. The van der Waals surface area contributed by atoms with Crippen molar-refractivity contribution >= 4 is 10.9 Å². The number of fused-ring (bicyclic) bond motifs is 1. The predicted molar refractivity (Wildman–Crippen MR) is 89.7 cm³/mol. The van der Waals surface area contributed by atoms with Crippen LogP contribution in [0.1, 0.15) is 28.3 Å². The van der Waals surface area contributed by atoms with E-state index in [1.54, 1.807) is 0 Å². The maximum Gasteiger partial charge on any atom is 0.0458 e. The molecule has 1 unspecified atom stereocenters. The van der Waals surface area contributed by atoms with Crippen molar-refractivity contribution in [3.8, 4) is 0 Å². The van der Waals surface area contributed by atoms with E-state index in [4.69, 9.17) is 5.73 Å². The zero-order chi connectivity index (χ0) is 14.8. The summed E-state index contributed by atoms with van der Waals surface area (Å²) in [5, 5.41) is 1.30. The third-order valence-corrected chi connectivity index (χ3v) is 4.20. The van der Waals surface area contributed by atoms with E-state index in [9.17, 15) is 0 Å². The lowest BCUT2D eigenvalue weighted by Crippen LogP contribution is -2.15. The van der Waals surface area contributed by atoms with E-state index in [1.165, 1.54) is 33.3 Å². The molecule has 0 aliphatic carbocycles. The molecule has 108 valence electrons. The van der Waals surface area contributed by atoms with Crippen LogP contribution in [0.25, 0.3) is 10.9 Å². The van der Waals surface area contributed by atoms with E-state index in [2.05, 4.69) is 67.4 Å². The lowest BCUT2D eigenvalue weighted by molar-refractivity contribution is 0.694. The first-order valence-corrected chi connectivity index (χ1v) is 7.52. The number of aromatic nitrogens is 1. The minimum atomic E-state index is 0.350. The molecule has 1 heterocycles. The van der Waals surface area contributed by atoms with Gasteiger partial charge in [-0.3, -0.25) is 0 Å². The Kier molecular flexibility index (Phi) is 3.80. The first-order valence-electron chi connectivity index (χ1n) is 7.52. The average molecular weight is 278 g/mol. The van der Waals surface area contributed by atoms with Gasteiger partial charge < -0.3 is 10.7 Å². The highest BCUT2D eigenvalue weighted by molar-refractivity contribution is 5.85. The van der Waals surface area contributed by atoms with Crippen LogP contribution in [0.2, 0.25) is 0 Å². The number of nitrogens with one attached hydrogen (secondary N) is 1. The number of aryl methyl sites for hydroxylation is 2. The third-order valence-electron chi connectivity index (χ3n) is 4.20. The van der Waals surface area contributed by atoms with Crippen LogP contribution >= 0.6 is 0 Å². The highest BCUT2D eigenvalue weighted by Gasteiger charge is 2.18. The molecule has 0 fully saturated rings. The van der Waals surface area contributed by atoms with E-state index < -0.39 is 0 Å². The van der Waals surface area contributed by atoms with Crippen molar-refractivity contribution in [1.29, 1.82) is 0 Å². The van der Waals surface area contributed by atoms with E-state index >= 15 is 0 Å². The minimum absolute atomic E-state index is 0.350. The largest absolute Gasteiger partial charge is 0.358 e. The minimum Gasteiger partial charge on any atom is -0.358 e. The van der Waals surface area contributed by atoms with Gasteiger partial charge in [0.05, 0.1) is 0 Å². The van der Waals surface area contributed by atoms with Gasteiger partial charge in [0.25, 0.3) is 0 Å². The average Bonchev–Trinajstić information content (AvgIpc) is 2.81. The van der Waals surface area contributed by atoms with Crippen molar-refractivity contribution in [3.05, 3.63) is 70.9 Å². The molecule has 0 saturated heterocycles. The first-order chi connectivity index (χ1) is 10.2. The number of H-pyrrole nitrogens is 1. The van der Waals surface area contributed by atoms with E-state index in [0.717, 1.165) is 6.42 Å². The highest BCUT2D eigenvalue weighted by Crippen LogP contribution is 2.31. The lowest BCUT2D eigenvalue weighted by Gasteiger charge is -2.16. The van der Waals surface area contributed by atoms with Gasteiger partial charge in [-0.05, 0) is 44.0 Å². The molecule has 2 heteroatoms. The number of hydrogen-bond acceptors (Lipinski definition) is 1. The van der Waals surface area contributed by atoms with Crippen LogP contribution in [-0.2, 0) is 6.42 Å². The smallest absolute Gasteiger partial charge is 0.0458 e. The Labute approximate surface area is 126 Å². The molecule has 1 aromatic heterocycles. The summed E-state index contributed by atoms with van der Waals surface area (Å²) in [5.74, 6) is 0.350. The summed E-state index contributed by atoms with van der Waals surface area (Å²) < 4.78 is 0. The number of hydrogen-bond donors (Lipinski definition) is 2. The fraction of sp³-hybridized carbons (Fsp3) is 0.263. The van der Waals surface area contributed by atoms with Gasteiger partial charge in [0.2, 0.25) is 0 Å². The second-order valence-corrected chi connectivity index (χ2v) is 5.84. The molecule has 0 bridgehead atoms. The molecule has 21 heavy (non-hydrogen) atoms. The Morgan fingerprint density at radius 3 is 2.62 bits per heavy atom. The van der Waals surface area contributed by atoms with Crippen molar-refractivity contribution in [3.63, 3.8) is 0 Å². The summed E-state index contributed by atoms with van der Waals surface area (Å²) in [6.45, 7) is 4.95. The van der Waals surface area contributed by atoms with Gasteiger partial charge in [-0.2, -0.15) is 0 Å². The maximum absolute atomic E-state index is 6.10. The molecule has 2 aromatic carbocycles. The van der Waals surface area contributed by atoms with E-state index in [0.29, 0.717) is 12.5 Å². The molecular formula is C19H22N2. The van der Waals surface area contributed by atoms with Crippen LogP contribution in [0.3, 0.4) is 0 Å². The molecule has 0 amide bonds. The normalized spacial score (nSPS) is 12.7. The number of aromatic amines is 1. The second-order valence-electron chi connectivity index (χ2n) is 5.84. The number of rotatable bonds is 4. The molecule has 2 nitrogen and oxygen atoms in total. The number of benzene rings is 2. The number of para-hydroxylation sites is 1. The fourth-order valence-corrected chi connectivity index (χ4v) is 3.25. The van der Waals surface area contributed by atoms with Crippen LogP contribution in [0, 0.1) is 13.8 Å². The molecule has 0 aliphatic rings. The zero-order valence-corrected chi connectivity index (χ0v) is 12.7.